The molecule has 1 heterocycles. The van der Waals surface area contributed by atoms with Gasteiger partial charge in [-0.3, -0.25) is 4.79 Å². The van der Waals surface area contributed by atoms with Gasteiger partial charge in [0.15, 0.2) is 0 Å². The Balaban J connectivity index is 1.53. The summed E-state index contributed by atoms with van der Waals surface area (Å²) in [4.78, 5) is 16.6. The third-order valence-electron chi connectivity index (χ3n) is 3.53. The van der Waals surface area contributed by atoms with Crippen molar-refractivity contribution < 1.29 is 4.79 Å². The number of hydrogen-bond acceptors (Lipinski definition) is 4. The number of thioether (sulfide) groups is 1. The van der Waals surface area contributed by atoms with Crippen molar-refractivity contribution in [3.05, 3.63) is 65.2 Å². The number of halogens is 1. The Labute approximate surface area is 154 Å². The zero-order chi connectivity index (χ0) is 17.6. The summed E-state index contributed by atoms with van der Waals surface area (Å²) in [6, 6.07) is 18.8. The molecule has 0 saturated heterocycles. The average Bonchev–Trinajstić information content (AvgIpc) is 2.62. The number of amides is 1. The molecule has 0 aliphatic rings. The van der Waals surface area contributed by atoms with E-state index < -0.39 is 0 Å². The van der Waals surface area contributed by atoms with E-state index in [9.17, 15) is 4.79 Å². The molecule has 2 aromatic carbocycles. The number of fused-ring (bicyclic) bond motifs is 1. The molecule has 0 aliphatic carbocycles. The van der Waals surface area contributed by atoms with Gasteiger partial charge < -0.3 is 5.32 Å². The Morgan fingerprint density at radius 3 is 2.84 bits per heavy atom. The Bertz CT molecular complexity index is 968. The van der Waals surface area contributed by atoms with Gasteiger partial charge in [-0.05, 0) is 30.3 Å². The maximum atomic E-state index is 12.0. The number of carbonyl (C=O) groups excluding carboxylic acids is 1. The van der Waals surface area contributed by atoms with Gasteiger partial charge in [-0.2, -0.15) is 5.26 Å². The number of para-hydroxylation sites is 1. The van der Waals surface area contributed by atoms with Crippen molar-refractivity contribution >= 4 is 45.9 Å². The quantitative estimate of drug-likeness (QED) is 0.652. The van der Waals surface area contributed by atoms with Crippen LogP contribution in [0.3, 0.4) is 0 Å². The SMILES string of the molecule is N#Cc1ccc(NC(=O)CCSc2ccc3ccccc3n2)cc1Cl. The van der Waals surface area contributed by atoms with E-state index >= 15 is 0 Å². The maximum Gasteiger partial charge on any atom is 0.225 e. The van der Waals surface area contributed by atoms with Crippen LogP contribution in [0.5, 0.6) is 0 Å². The number of nitrogens with zero attached hydrogens (tertiary/aromatic N) is 2. The minimum absolute atomic E-state index is 0.103. The van der Waals surface area contributed by atoms with E-state index in [1.165, 1.54) is 0 Å². The number of aromatic nitrogens is 1. The molecule has 4 nitrogen and oxygen atoms in total. The van der Waals surface area contributed by atoms with E-state index in [1.54, 1.807) is 30.0 Å². The van der Waals surface area contributed by atoms with Crippen molar-refractivity contribution in [3.63, 3.8) is 0 Å². The second-order valence-corrected chi connectivity index (χ2v) is 6.82. The van der Waals surface area contributed by atoms with Crippen LogP contribution in [-0.4, -0.2) is 16.6 Å². The lowest BCUT2D eigenvalue weighted by Crippen LogP contribution is -2.12. The lowest BCUT2D eigenvalue weighted by atomic mass is 10.2. The monoisotopic (exact) mass is 367 g/mol. The molecule has 0 atom stereocenters. The molecule has 6 heteroatoms. The van der Waals surface area contributed by atoms with E-state index in [-0.39, 0.29) is 5.91 Å². The molecule has 25 heavy (non-hydrogen) atoms. The highest BCUT2D eigenvalue weighted by molar-refractivity contribution is 7.99. The Morgan fingerprint density at radius 1 is 1.20 bits per heavy atom. The first kappa shape index (κ1) is 17.3. The first-order valence-electron chi connectivity index (χ1n) is 7.64. The Morgan fingerprint density at radius 2 is 2.04 bits per heavy atom. The highest BCUT2D eigenvalue weighted by atomic mass is 35.5. The van der Waals surface area contributed by atoms with E-state index in [0.29, 0.717) is 28.4 Å². The molecule has 1 aromatic heterocycles. The number of anilines is 1. The van der Waals surface area contributed by atoms with E-state index in [0.717, 1.165) is 15.9 Å². The summed E-state index contributed by atoms with van der Waals surface area (Å²) in [6.07, 6.45) is 0.358. The zero-order valence-corrected chi connectivity index (χ0v) is 14.8. The fourth-order valence-electron chi connectivity index (χ4n) is 2.28. The topological polar surface area (TPSA) is 65.8 Å². The lowest BCUT2D eigenvalue weighted by molar-refractivity contribution is -0.115. The number of nitrogens with one attached hydrogen (secondary N) is 1. The first-order chi connectivity index (χ1) is 12.2. The van der Waals surface area contributed by atoms with Crippen LogP contribution in [0, 0.1) is 11.3 Å². The van der Waals surface area contributed by atoms with Crippen LogP contribution in [-0.2, 0) is 4.79 Å². The molecule has 1 amide bonds. The molecular formula is C19H14ClN3OS. The van der Waals surface area contributed by atoms with Gasteiger partial charge in [-0.15, -0.1) is 11.8 Å². The van der Waals surface area contributed by atoms with Crippen molar-refractivity contribution in [2.75, 3.05) is 11.1 Å². The van der Waals surface area contributed by atoms with E-state index in [1.807, 2.05) is 42.5 Å². The van der Waals surface area contributed by atoms with Crippen LogP contribution in [0.25, 0.3) is 10.9 Å². The summed E-state index contributed by atoms with van der Waals surface area (Å²) in [5.41, 5.74) is 1.92. The molecule has 0 bridgehead atoms. The number of nitriles is 1. The van der Waals surface area contributed by atoms with Gasteiger partial charge in [0.25, 0.3) is 0 Å². The third-order valence-corrected chi connectivity index (χ3v) is 4.77. The number of hydrogen-bond donors (Lipinski definition) is 1. The predicted octanol–water partition coefficient (Wildman–Crippen LogP) is 4.88. The number of rotatable bonds is 5. The summed E-state index contributed by atoms with van der Waals surface area (Å²) in [5.74, 6) is 0.523. The molecule has 1 N–H and O–H groups in total. The first-order valence-corrected chi connectivity index (χ1v) is 9.00. The minimum atomic E-state index is -0.103. The van der Waals surface area contributed by atoms with E-state index in [4.69, 9.17) is 16.9 Å². The lowest BCUT2D eigenvalue weighted by Gasteiger charge is -2.06. The molecule has 3 rings (SSSR count). The van der Waals surface area contributed by atoms with Gasteiger partial charge in [-0.25, -0.2) is 4.98 Å². The van der Waals surface area contributed by atoms with Gasteiger partial charge in [0.1, 0.15) is 6.07 Å². The molecule has 0 radical (unpaired) electrons. The van der Waals surface area contributed by atoms with Gasteiger partial charge in [0, 0.05) is 23.2 Å². The minimum Gasteiger partial charge on any atom is -0.326 e. The molecular weight excluding hydrogens is 354 g/mol. The predicted molar refractivity (Wildman–Crippen MR) is 102 cm³/mol. The van der Waals surface area contributed by atoms with Crippen molar-refractivity contribution in [2.45, 2.75) is 11.4 Å². The third kappa shape index (κ3) is 4.50. The van der Waals surface area contributed by atoms with Crippen molar-refractivity contribution in [1.82, 2.24) is 4.98 Å². The summed E-state index contributed by atoms with van der Waals surface area (Å²) < 4.78 is 0. The molecule has 0 saturated carbocycles. The normalized spacial score (nSPS) is 10.4. The van der Waals surface area contributed by atoms with Crippen LogP contribution in [0.15, 0.2) is 59.6 Å². The fourth-order valence-corrected chi connectivity index (χ4v) is 3.33. The summed E-state index contributed by atoms with van der Waals surface area (Å²) in [7, 11) is 0. The molecule has 124 valence electrons. The largest absolute Gasteiger partial charge is 0.326 e. The second kappa shape index (κ2) is 8.02. The summed E-state index contributed by atoms with van der Waals surface area (Å²) in [6.45, 7) is 0. The van der Waals surface area contributed by atoms with Crippen LogP contribution >= 0.6 is 23.4 Å². The molecule has 0 unspecified atom stereocenters. The number of carbonyl (C=O) groups is 1. The van der Waals surface area contributed by atoms with Crippen molar-refractivity contribution in [2.24, 2.45) is 0 Å². The van der Waals surface area contributed by atoms with Crippen LogP contribution in [0.4, 0.5) is 5.69 Å². The molecule has 0 fully saturated rings. The van der Waals surface area contributed by atoms with Gasteiger partial charge in [0.05, 0.1) is 21.1 Å². The van der Waals surface area contributed by atoms with Crippen LogP contribution < -0.4 is 5.32 Å². The standard InChI is InChI=1S/C19H14ClN3OS/c20-16-11-15(7-5-14(16)12-21)22-18(24)9-10-25-19-8-6-13-3-1-2-4-17(13)23-19/h1-8,11H,9-10H2,(H,22,24). The molecule has 3 aromatic rings. The zero-order valence-electron chi connectivity index (χ0n) is 13.2. The number of benzene rings is 2. The van der Waals surface area contributed by atoms with Crippen LogP contribution in [0.1, 0.15) is 12.0 Å². The smallest absolute Gasteiger partial charge is 0.225 e. The highest BCUT2D eigenvalue weighted by Crippen LogP contribution is 2.22. The molecule has 0 aliphatic heterocycles. The fraction of sp³-hybridized carbons (Fsp3) is 0.105. The van der Waals surface area contributed by atoms with E-state index in [2.05, 4.69) is 10.3 Å². The van der Waals surface area contributed by atoms with Gasteiger partial charge in [-0.1, -0.05) is 35.9 Å². The Hall–Kier alpha value is -2.55. The van der Waals surface area contributed by atoms with Crippen molar-refractivity contribution in [1.29, 1.82) is 5.26 Å². The number of pyridine rings is 1. The van der Waals surface area contributed by atoms with Gasteiger partial charge >= 0.3 is 0 Å². The summed E-state index contributed by atoms with van der Waals surface area (Å²) in [5, 5.41) is 14.0. The van der Waals surface area contributed by atoms with Crippen molar-refractivity contribution in [3.8, 4) is 6.07 Å². The Kier molecular flexibility index (Phi) is 5.54. The highest BCUT2D eigenvalue weighted by Gasteiger charge is 2.06. The van der Waals surface area contributed by atoms with Gasteiger partial charge in [0.2, 0.25) is 5.91 Å². The van der Waals surface area contributed by atoms with Crippen LogP contribution in [0.2, 0.25) is 5.02 Å². The molecule has 0 spiro atoms. The second-order valence-electron chi connectivity index (χ2n) is 5.30. The average molecular weight is 368 g/mol. The maximum absolute atomic E-state index is 12.0. The summed E-state index contributed by atoms with van der Waals surface area (Å²) >= 11 is 7.50.